The summed E-state index contributed by atoms with van der Waals surface area (Å²) < 4.78 is 45.8. The molecule has 0 nitrogen and oxygen atoms in total. The SMILES string of the molecule is CCCCCCC1CCC(C2CCC(CCC3CCC(C4CCC(CCCCC)CC4)C(F)C3F)CC2)CC1F. The third-order valence-corrected chi connectivity index (χ3v) is 12.6. The molecule has 0 bridgehead atoms. The maximum Gasteiger partial charge on any atom is 0.134 e. The third-order valence-electron chi connectivity index (χ3n) is 12.6. The minimum absolute atomic E-state index is 0.0240. The van der Waals surface area contributed by atoms with Gasteiger partial charge in [0.05, 0.1) is 0 Å². The van der Waals surface area contributed by atoms with Gasteiger partial charge in [0, 0.05) is 0 Å². The highest BCUT2D eigenvalue weighted by Gasteiger charge is 2.44. The summed E-state index contributed by atoms with van der Waals surface area (Å²) in [6.45, 7) is 4.50. The molecule has 234 valence electrons. The van der Waals surface area contributed by atoms with Crippen molar-refractivity contribution in [2.45, 2.75) is 186 Å². The first-order chi connectivity index (χ1) is 19.5. The van der Waals surface area contributed by atoms with E-state index in [2.05, 4.69) is 13.8 Å². The fourth-order valence-corrected chi connectivity index (χ4v) is 9.80. The lowest BCUT2D eigenvalue weighted by molar-refractivity contribution is -0.0164. The molecule has 0 spiro atoms. The van der Waals surface area contributed by atoms with Gasteiger partial charge in [-0.25, -0.2) is 13.2 Å². The molecular formula is C37H65F3. The Morgan fingerprint density at radius 3 is 1.70 bits per heavy atom. The Kier molecular flexibility index (Phi) is 14.0. The Balaban J connectivity index is 1.11. The number of alkyl halides is 3. The zero-order valence-corrected chi connectivity index (χ0v) is 26.5. The van der Waals surface area contributed by atoms with Crippen molar-refractivity contribution >= 4 is 0 Å². The van der Waals surface area contributed by atoms with Gasteiger partial charge in [-0.3, -0.25) is 0 Å². The van der Waals surface area contributed by atoms with Gasteiger partial charge in [-0.15, -0.1) is 0 Å². The highest BCUT2D eigenvalue weighted by atomic mass is 19.2. The van der Waals surface area contributed by atoms with E-state index < -0.39 is 18.5 Å². The number of rotatable bonds is 14. The average molecular weight is 567 g/mol. The van der Waals surface area contributed by atoms with Crippen molar-refractivity contribution in [3.05, 3.63) is 0 Å². The molecule has 4 rings (SSSR count). The molecule has 0 radical (unpaired) electrons. The number of hydrogen-bond acceptors (Lipinski definition) is 0. The molecule has 3 heteroatoms. The van der Waals surface area contributed by atoms with Crippen LogP contribution in [0.15, 0.2) is 0 Å². The zero-order valence-electron chi connectivity index (χ0n) is 26.5. The van der Waals surface area contributed by atoms with Gasteiger partial charge in [0.25, 0.3) is 0 Å². The second kappa shape index (κ2) is 17.2. The summed E-state index contributed by atoms with van der Waals surface area (Å²) >= 11 is 0. The number of unbranched alkanes of at least 4 members (excludes halogenated alkanes) is 5. The molecule has 0 N–H and O–H groups in total. The molecule has 0 aromatic rings. The Hall–Kier alpha value is -0.210. The van der Waals surface area contributed by atoms with Gasteiger partial charge in [0.1, 0.15) is 18.5 Å². The Bertz CT molecular complexity index is 664. The first-order valence-electron chi connectivity index (χ1n) is 18.4. The molecule has 0 aromatic carbocycles. The lowest BCUT2D eigenvalue weighted by Gasteiger charge is -2.42. The molecule has 4 fully saturated rings. The Morgan fingerprint density at radius 2 is 1.02 bits per heavy atom. The Labute approximate surface area is 246 Å². The van der Waals surface area contributed by atoms with Gasteiger partial charge < -0.3 is 0 Å². The molecular weight excluding hydrogens is 501 g/mol. The van der Waals surface area contributed by atoms with Crippen molar-refractivity contribution in [1.82, 2.24) is 0 Å². The van der Waals surface area contributed by atoms with Gasteiger partial charge in [-0.1, -0.05) is 97.3 Å². The van der Waals surface area contributed by atoms with E-state index in [0.717, 1.165) is 63.7 Å². The highest BCUT2D eigenvalue weighted by Crippen LogP contribution is 2.47. The van der Waals surface area contributed by atoms with Crippen LogP contribution < -0.4 is 0 Å². The summed E-state index contributed by atoms with van der Waals surface area (Å²) in [6.07, 6.45) is 25.0. The summed E-state index contributed by atoms with van der Waals surface area (Å²) in [5, 5.41) is 0. The van der Waals surface area contributed by atoms with Crippen LogP contribution in [-0.4, -0.2) is 18.5 Å². The predicted octanol–water partition coefficient (Wildman–Crippen LogP) is 12.4. The quantitative estimate of drug-likeness (QED) is 0.183. The first-order valence-corrected chi connectivity index (χ1v) is 18.4. The van der Waals surface area contributed by atoms with E-state index in [1.807, 2.05) is 0 Å². The molecule has 4 aliphatic carbocycles. The fraction of sp³-hybridized carbons (Fsp3) is 1.00. The van der Waals surface area contributed by atoms with Gasteiger partial charge >= 0.3 is 0 Å². The van der Waals surface area contributed by atoms with Crippen molar-refractivity contribution in [1.29, 1.82) is 0 Å². The van der Waals surface area contributed by atoms with Crippen molar-refractivity contribution in [3.8, 4) is 0 Å². The van der Waals surface area contributed by atoms with Crippen LogP contribution in [0.2, 0.25) is 0 Å². The van der Waals surface area contributed by atoms with Crippen LogP contribution in [0.25, 0.3) is 0 Å². The lowest BCUT2D eigenvalue weighted by atomic mass is 9.65. The smallest absolute Gasteiger partial charge is 0.134 e. The van der Waals surface area contributed by atoms with Crippen LogP contribution in [0, 0.1) is 47.3 Å². The highest BCUT2D eigenvalue weighted by molar-refractivity contribution is 4.93. The monoisotopic (exact) mass is 567 g/mol. The van der Waals surface area contributed by atoms with Gasteiger partial charge in [0.15, 0.2) is 0 Å². The minimum atomic E-state index is -1.24. The summed E-state index contributed by atoms with van der Waals surface area (Å²) in [7, 11) is 0. The molecule has 4 saturated carbocycles. The van der Waals surface area contributed by atoms with E-state index in [0.29, 0.717) is 29.6 Å². The molecule has 0 aliphatic heterocycles. The van der Waals surface area contributed by atoms with Crippen molar-refractivity contribution < 1.29 is 13.2 Å². The first kappa shape index (κ1) is 32.7. The lowest BCUT2D eigenvalue weighted by Crippen LogP contribution is -2.42. The maximum absolute atomic E-state index is 15.4. The van der Waals surface area contributed by atoms with E-state index in [1.54, 1.807) is 0 Å². The van der Waals surface area contributed by atoms with Crippen LogP contribution >= 0.6 is 0 Å². The van der Waals surface area contributed by atoms with Crippen LogP contribution in [0.4, 0.5) is 13.2 Å². The molecule has 0 saturated heterocycles. The molecule has 7 unspecified atom stereocenters. The van der Waals surface area contributed by atoms with E-state index >= 15 is 8.78 Å². The minimum Gasteiger partial charge on any atom is -0.247 e. The van der Waals surface area contributed by atoms with Crippen molar-refractivity contribution in [2.24, 2.45) is 47.3 Å². The molecule has 0 aromatic heterocycles. The summed E-state index contributed by atoms with van der Waals surface area (Å²) in [5.41, 5.74) is 0. The second-order valence-corrected chi connectivity index (χ2v) is 15.2. The van der Waals surface area contributed by atoms with Gasteiger partial charge in [-0.05, 0) is 118 Å². The van der Waals surface area contributed by atoms with Crippen molar-refractivity contribution in [3.63, 3.8) is 0 Å². The molecule has 0 amide bonds. The van der Waals surface area contributed by atoms with Gasteiger partial charge in [0.2, 0.25) is 0 Å². The molecule has 40 heavy (non-hydrogen) atoms. The van der Waals surface area contributed by atoms with E-state index in [-0.39, 0.29) is 11.8 Å². The Morgan fingerprint density at radius 1 is 0.450 bits per heavy atom. The fourth-order valence-electron chi connectivity index (χ4n) is 9.80. The standard InChI is InChI=1S/C37H65F3/c1-3-5-7-9-11-31-22-23-33(26-35(31)38)29-17-12-28(13-18-29)16-21-32-24-25-34(37(40)36(32)39)30-19-14-27(15-20-30)10-8-6-4-2/h27-37H,3-26H2,1-2H3. The molecule has 4 aliphatic rings. The normalized spacial score (nSPS) is 41.2. The summed E-state index contributed by atoms with van der Waals surface area (Å²) in [4.78, 5) is 0. The van der Waals surface area contributed by atoms with Crippen LogP contribution in [0.1, 0.15) is 168 Å². The van der Waals surface area contributed by atoms with Crippen molar-refractivity contribution in [2.75, 3.05) is 0 Å². The van der Waals surface area contributed by atoms with Crippen LogP contribution in [0.5, 0.6) is 0 Å². The number of halogens is 3. The zero-order chi connectivity index (χ0) is 28.3. The third kappa shape index (κ3) is 9.39. The van der Waals surface area contributed by atoms with Crippen LogP contribution in [0.3, 0.4) is 0 Å². The van der Waals surface area contributed by atoms with E-state index in [9.17, 15) is 4.39 Å². The largest absolute Gasteiger partial charge is 0.247 e. The second-order valence-electron chi connectivity index (χ2n) is 15.2. The number of hydrogen-bond donors (Lipinski definition) is 0. The summed E-state index contributed by atoms with van der Waals surface area (Å²) in [6, 6.07) is 0. The maximum atomic E-state index is 15.4. The van der Waals surface area contributed by atoms with E-state index in [4.69, 9.17) is 0 Å². The predicted molar refractivity (Wildman–Crippen MR) is 165 cm³/mol. The van der Waals surface area contributed by atoms with E-state index in [1.165, 1.54) is 96.3 Å². The molecule has 0 heterocycles. The summed E-state index contributed by atoms with van der Waals surface area (Å²) in [5.74, 6) is 3.47. The van der Waals surface area contributed by atoms with Gasteiger partial charge in [-0.2, -0.15) is 0 Å². The molecule has 7 atom stereocenters. The topological polar surface area (TPSA) is 0 Å². The van der Waals surface area contributed by atoms with Crippen LogP contribution in [-0.2, 0) is 0 Å². The average Bonchev–Trinajstić information content (AvgIpc) is 2.98.